The lowest BCUT2D eigenvalue weighted by atomic mass is 10.1. The molecule has 2 N–H and O–H groups in total. The van der Waals surface area contributed by atoms with Crippen LogP contribution >= 0.6 is 12.4 Å². The molecular formula is C8H14ClNO2. The molecule has 12 heavy (non-hydrogen) atoms. The molecule has 70 valence electrons. The van der Waals surface area contributed by atoms with E-state index in [4.69, 9.17) is 5.11 Å². The Bertz CT molecular complexity index is 209. The first-order valence-corrected chi connectivity index (χ1v) is 4.07. The molecule has 0 aromatic rings. The Morgan fingerprint density at radius 2 is 2.42 bits per heavy atom. The third-order valence-electron chi connectivity index (χ3n) is 3.34. The first-order valence-electron chi connectivity index (χ1n) is 4.07. The van der Waals surface area contributed by atoms with Gasteiger partial charge >= 0.3 is 5.97 Å². The quantitative estimate of drug-likeness (QED) is 0.677. The van der Waals surface area contributed by atoms with Gasteiger partial charge in [0.2, 0.25) is 0 Å². The molecule has 0 aromatic carbocycles. The molecule has 2 aliphatic rings. The fourth-order valence-electron chi connectivity index (χ4n) is 2.46. The van der Waals surface area contributed by atoms with Gasteiger partial charge < -0.3 is 10.4 Å². The molecule has 1 aliphatic carbocycles. The number of aliphatic carboxylic acids is 1. The molecule has 1 heterocycles. The van der Waals surface area contributed by atoms with Crippen LogP contribution < -0.4 is 5.32 Å². The molecule has 1 saturated heterocycles. The van der Waals surface area contributed by atoms with Crippen molar-refractivity contribution < 1.29 is 9.90 Å². The highest BCUT2D eigenvalue weighted by Crippen LogP contribution is 2.61. The van der Waals surface area contributed by atoms with Gasteiger partial charge in [-0.25, -0.2) is 0 Å². The number of carboxylic acid groups (broad SMARTS) is 1. The van der Waals surface area contributed by atoms with E-state index in [9.17, 15) is 4.79 Å². The van der Waals surface area contributed by atoms with Crippen LogP contribution in [-0.2, 0) is 4.79 Å². The van der Waals surface area contributed by atoms with Gasteiger partial charge in [0.25, 0.3) is 0 Å². The first-order chi connectivity index (χ1) is 5.14. The molecule has 0 radical (unpaired) electrons. The Hall–Kier alpha value is -0.280. The molecule has 0 spiro atoms. The van der Waals surface area contributed by atoms with E-state index in [-0.39, 0.29) is 12.4 Å². The Morgan fingerprint density at radius 3 is 2.83 bits per heavy atom. The minimum Gasteiger partial charge on any atom is -0.481 e. The monoisotopic (exact) mass is 191 g/mol. The summed E-state index contributed by atoms with van der Waals surface area (Å²) in [4.78, 5) is 10.4. The standard InChI is InChI=1S/C8H13NO2.ClH/c1-8-4-9-3-6(8)5(8)2-7(10)11;/h5-6,9H,2-4H2,1H3,(H,10,11);1H/t5-,6-,8?;/m0./s1. The van der Waals surface area contributed by atoms with Crippen molar-refractivity contribution in [2.45, 2.75) is 13.3 Å². The maximum absolute atomic E-state index is 10.4. The number of fused-ring (bicyclic) bond motifs is 1. The van der Waals surface area contributed by atoms with Gasteiger partial charge in [-0.3, -0.25) is 4.79 Å². The summed E-state index contributed by atoms with van der Waals surface area (Å²) >= 11 is 0. The average molecular weight is 192 g/mol. The van der Waals surface area contributed by atoms with Gasteiger partial charge in [-0.05, 0) is 23.8 Å². The van der Waals surface area contributed by atoms with Gasteiger partial charge in [-0.2, -0.15) is 0 Å². The number of halogens is 1. The minimum atomic E-state index is -0.648. The number of nitrogens with one attached hydrogen (secondary N) is 1. The summed E-state index contributed by atoms with van der Waals surface area (Å²) in [6.45, 7) is 4.22. The molecule has 2 fully saturated rings. The molecular weight excluding hydrogens is 178 g/mol. The van der Waals surface area contributed by atoms with E-state index >= 15 is 0 Å². The molecule has 1 aliphatic heterocycles. The topological polar surface area (TPSA) is 49.3 Å². The second kappa shape index (κ2) is 2.89. The maximum Gasteiger partial charge on any atom is 0.303 e. The fourth-order valence-corrected chi connectivity index (χ4v) is 2.46. The number of piperidine rings is 1. The molecule has 0 aromatic heterocycles. The van der Waals surface area contributed by atoms with Crippen LogP contribution in [0.15, 0.2) is 0 Å². The van der Waals surface area contributed by atoms with Crippen molar-refractivity contribution >= 4 is 18.4 Å². The minimum absolute atomic E-state index is 0. The van der Waals surface area contributed by atoms with E-state index in [2.05, 4.69) is 12.2 Å². The van der Waals surface area contributed by atoms with Crippen LogP contribution in [0.25, 0.3) is 0 Å². The highest BCUT2D eigenvalue weighted by molar-refractivity contribution is 5.85. The lowest BCUT2D eigenvalue weighted by molar-refractivity contribution is -0.137. The molecule has 1 saturated carbocycles. The van der Waals surface area contributed by atoms with E-state index in [1.54, 1.807) is 0 Å². The van der Waals surface area contributed by atoms with E-state index in [1.165, 1.54) is 0 Å². The zero-order valence-corrected chi connectivity index (χ0v) is 7.86. The number of hydrogen-bond acceptors (Lipinski definition) is 2. The second-order valence-corrected chi connectivity index (χ2v) is 3.95. The highest BCUT2D eigenvalue weighted by Gasteiger charge is 2.63. The van der Waals surface area contributed by atoms with Crippen molar-refractivity contribution in [3.05, 3.63) is 0 Å². The third-order valence-corrected chi connectivity index (χ3v) is 3.34. The number of carboxylic acids is 1. The van der Waals surface area contributed by atoms with Crippen LogP contribution in [0.4, 0.5) is 0 Å². The zero-order valence-electron chi connectivity index (χ0n) is 7.04. The molecule has 0 amide bonds. The zero-order chi connectivity index (χ0) is 8.06. The Kier molecular flexibility index (Phi) is 2.36. The van der Waals surface area contributed by atoms with E-state index in [0.717, 1.165) is 13.1 Å². The van der Waals surface area contributed by atoms with Crippen LogP contribution in [-0.4, -0.2) is 24.2 Å². The first kappa shape index (κ1) is 9.81. The lowest BCUT2D eigenvalue weighted by Gasteiger charge is -2.06. The van der Waals surface area contributed by atoms with Gasteiger partial charge in [-0.1, -0.05) is 6.92 Å². The molecule has 0 bridgehead atoms. The van der Waals surface area contributed by atoms with E-state index in [1.807, 2.05) is 0 Å². The largest absolute Gasteiger partial charge is 0.481 e. The fraction of sp³-hybridized carbons (Fsp3) is 0.875. The summed E-state index contributed by atoms with van der Waals surface area (Å²) < 4.78 is 0. The summed E-state index contributed by atoms with van der Waals surface area (Å²) in [6.07, 6.45) is 0.364. The van der Waals surface area contributed by atoms with Crippen molar-refractivity contribution in [1.29, 1.82) is 0 Å². The summed E-state index contributed by atoms with van der Waals surface area (Å²) in [6, 6.07) is 0. The Balaban J connectivity index is 0.000000720. The van der Waals surface area contributed by atoms with Crippen molar-refractivity contribution in [1.82, 2.24) is 5.32 Å². The molecule has 4 heteroatoms. The molecule has 1 unspecified atom stereocenters. The molecule has 2 rings (SSSR count). The average Bonchev–Trinajstić information content (AvgIpc) is 2.35. The summed E-state index contributed by atoms with van der Waals surface area (Å²) in [5.74, 6) is 0.436. The van der Waals surface area contributed by atoms with E-state index in [0.29, 0.717) is 23.7 Å². The van der Waals surface area contributed by atoms with Gasteiger partial charge in [0.05, 0.1) is 0 Å². The predicted octanol–water partition coefficient (Wildman–Crippen LogP) is 0.738. The van der Waals surface area contributed by atoms with Crippen LogP contribution in [0, 0.1) is 17.3 Å². The van der Waals surface area contributed by atoms with Crippen molar-refractivity contribution in [2.75, 3.05) is 13.1 Å². The van der Waals surface area contributed by atoms with Crippen molar-refractivity contribution in [3.63, 3.8) is 0 Å². The normalized spacial score (nSPS) is 43.1. The number of carbonyl (C=O) groups is 1. The van der Waals surface area contributed by atoms with Gasteiger partial charge in [0.15, 0.2) is 0 Å². The number of rotatable bonds is 2. The van der Waals surface area contributed by atoms with Gasteiger partial charge in [-0.15, -0.1) is 12.4 Å². The summed E-state index contributed by atoms with van der Waals surface area (Å²) in [7, 11) is 0. The van der Waals surface area contributed by atoms with Gasteiger partial charge in [0, 0.05) is 13.0 Å². The van der Waals surface area contributed by atoms with Crippen molar-refractivity contribution in [2.24, 2.45) is 17.3 Å². The maximum atomic E-state index is 10.4. The number of hydrogen-bond donors (Lipinski definition) is 2. The van der Waals surface area contributed by atoms with Crippen molar-refractivity contribution in [3.8, 4) is 0 Å². The smallest absolute Gasteiger partial charge is 0.303 e. The SMILES string of the molecule is CC12CNC[C@H]1[C@@H]2CC(=O)O.Cl. The predicted molar refractivity (Wildman–Crippen MR) is 47.5 cm³/mol. The van der Waals surface area contributed by atoms with Gasteiger partial charge in [0.1, 0.15) is 0 Å². The molecule has 3 atom stereocenters. The third kappa shape index (κ3) is 1.21. The Labute approximate surface area is 77.9 Å². The van der Waals surface area contributed by atoms with Crippen LogP contribution in [0.1, 0.15) is 13.3 Å². The second-order valence-electron chi connectivity index (χ2n) is 3.95. The van der Waals surface area contributed by atoms with Crippen LogP contribution in [0.2, 0.25) is 0 Å². The lowest BCUT2D eigenvalue weighted by Crippen LogP contribution is -2.19. The van der Waals surface area contributed by atoms with Crippen LogP contribution in [0.5, 0.6) is 0 Å². The highest BCUT2D eigenvalue weighted by atomic mass is 35.5. The Morgan fingerprint density at radius 1 is 1.75 bits per heavy atom. The molecule has 3 nitrogen and oxygen atoms in total. The van der Waals surface area contributed by atoms with E-state index < -0.39 is 5.97 Å². The summed E-state index contributed by atoms with van der Waals surface area (Å²) in [5.41, 5.74) is 0.318. The summed E-state index contributed by atoms with van der Waals surface area (Å²) in [5, 5.41) is 11.8. The van der Waals surface area contributed by atoms with Crippen LogP contribution in [0.3, 0.4) is 0 Å².